The van der Waals surface area contributed by atoms with Crippen molar-refractivity contribution in [1.82, 2.24) is 10.2 Å². The molecule has 0 fully saturated rings. The number of nitrogens with zero attached hydrogens (tertiary/aromatic N) is 1. The summed E-state index contributed by atoms with van der Waals surface area (Å²) < 4.78 is 0. The van der Waals surface area contributed by atoms with E-state index in [9.17, 15) is 9.59 Å². The zero-order valence-electron chi connectivity index (χ0n) is 13.7. The van der Waals surface area contributed by atoms with Crippen molar-refractivity contribution in [3.8, 4) is 0 Å². The van der Waals surface area contributed by atoms with Gasteiger partial charge in [-0.1, -0.05) is 45.0 Å². The summed E-state index contributed by atoms with van der Waals surface area (Å²) in [6, 6.07) is 8.02. The molecule has 2 amide bonds. The quantitative estimate of drug-likeness (QED) is 0.906. The second kappa shape index (κ2) is 7.25. The minimum Gasteiger partial charge on any atom is -0.354 e. The van der Waals surface area contributed by atoms with Gasteiger partial charge in [-0.3, -0.25) is 9.59 Å². The van der Waals surface area contributed by atoms with Crippen LogP contribution in [0.3, 0.4) is 0 Å². The molecule has 0 spiro atoms. The molecular weight excluding hydrogens is 264 g/mol. The fourth-order valence-corrected chi connectivity index (χ4v) is 1.91. The van der Waals surface area contributed by atoms with Crippen molar-refractivity contribution in [1.29, 1.82) is 0 Å². The van der Waals surface area contributed by atoms with Crippen molar-refractivity contribution in [2.75, 3.05) is 13.1 Å². The highest BCUT2D eigenvalue weighted by Gasteiger charge is 2.21. The first-order valence-electron chi connectivity index (χ1n) is 7.30. The first-order valence-corrected chi connectivity index (χ1v) is 7.30. The SMILES string of the molecule is CC(=O)N(CCNC(=O)C(C)(C)C)Cc1ccccc1C. The van der Waals surface area contributed by atoms with E-state index >= 15 is 0 Å². The van der Waals surface area contributed by atoms with Gasteiger partial charge in [-0.05, 0) is 18.1 Å². The first-order chi connectivity index (χ1) is 9.71. The molecule has 21 heavy (non-hydrogen) atoms. The van der Waals surface area contributed by atoms with Gasteiger partial charge in [0.25, 0.3) is 0 Å². The zero-order chi connectivity index (χ0) is 16.0. The Bertz CT molecular complexity index is 504. The molecule has 0 aliphatic carbocycles. The molecule has 0 saturated heterocycles. The molecule has 0 aliphatic heterocycles. The highest BCUT2D eigenvalue weighted by Crippen LogP contribution is 2.13. The van der Waals surface area contributed by atoms with E-state index in [1.807, 2.05) is 52.0 Å². The molecule has 1 rings (SSSR count). The Kier molecular flexibility index (Phi) is 5.94. The molecule has 0 saturated carbocycles. The van der Waals surface area contributed by atoms with Gasteiger partial charge in [0, 0.05) is 32.0 Å². The summed E-state index contributed by atoms with van der Waals surface area (Å²) in [7, 11) is 0. The summed E-state index contributed by atoms with van der Waals surface area (Å²) in [5.41, 5.74) is 1.90. The van der Waals surface area contributed by atoms with Gasteiger partial charge in [0.05, 0.1) is 0 Å². The van der Waals surface area contributed by atoms with E-state index in [-0.39, 0.29) is 11.8 Å². The van der Waals surface area contributed by atoms with Crippen LogP contribution in [0, 0.1) is 12.3 Å². The molecule has 0 aromatic heterocycles. The van der Waals surface area contributed by atoms with E-state index in [2.05, 4.69) is 5.32 Å². The van der Waals surface area contributed by atoms with Gasteiger partial charge in [-0.15, -0.1) is 0 Å². The highest BCUT2D eigenvalue weighted by atomic mass is 16.2. The predicted molar refractivity (Wildman–Crippen MR) is 84.7 cm³/mol. The van der Waals surface area contributed by atoms with E-state index in [1.54, 1.807) is 11.8 Å². The Balaban J connectivity index is 2.58. The van der Waals surface area contributed by atoms with Gasteiger partial charge in [0.15, 0.2) is 0 Å². The van der Waals surface area contributed by atoms with Crippen molar-refractivity contribution in [3.05, 3.63) is 35.4 Å². The fourth-order valence-electron chi connectivity index (χ4n) is 1.91. The maximum atomic E-state index is 11.8. The number of carbonyl (C=O) groups excluding carboxylic acids is 2. The van der Waals surface area contributed by atoms with Gasteiger partial charge in [-0.25, -0.2) is 0 Å². The first kappa shape index (κ1) is 17.2. The topological polar surface area (TPSA) is 49.4 Å². The minimum absolute atomic E-state index is 0.00175. The molecule has 0 radical (unpaired) electrons. The highest BCUT2D eigenvalue weighted by molar-refractivity contribution is 5.81. The maximum absolute atomic E-state index is 11.8. The van der Waals surface area contributed by atoms with E-state index in [0.29, 0.717) is 19.6 Å². The third-order valence-corrected chi connectivity index (χ3v) is 3.42. The van der Waals surface area contributed by atoms with Gasteiger partial charge < -0.3 is 10.2 Å². The average molecular weight is 290 g/mol. The summed E-state index contributed by atoms with van der Waals surface area (Å²) in [4.78, 5) is 25.3. The Hall–Kier alpha value is -1.84. The van der Waals surface area contributed by atoms with Gasteiger partial charge in [0.1, 0.15) is 0 Å². The number of benzene rings is 1. The maximum Gasteiger partial charge on any atom is 0.225 e. The van der Waals surface area contributed by atoms with E-state index < -0.39 is 5.41 Å². The van der Waals surface area contributed by atoms with Crippen LogP contribution in [0.2, 0.25) is 0 Å². The Labute approximate surface area is 127 Å². The third kappa shape index (κ3) is 5.58. The summed E-state index contributed by atoms with van der Waals surface area (Å²) in [6.07, 6.45) is 0. The van der Waals surface area contributed by atoms with Crippen molar-refractivity contribution in [3.63, 3.8) is 0 Å². The van der Waals surface area contributed by atoms with Gasteiger partial charge in [-0.2, -0.15) is 0 Å². The summed E-state index contributed by atoms with van der Waals surface area (Å²) >= 11 is 0. The molecule has 4 nitrogen and oxygen atoms in total. The van der Waals surface area contributed by atoms with E-state index in [1.165, 1.54) is 5.56 Å². The van der Waals surface area contributed by atoms with Crippen LogP contribution in [0.4, 0.5) is 0 Å². The normalized spacial score (nSPS) is 11.1. The second-order valence-electron chi connectivity index (χ2n) is 6.37. The van der Waals surface area contributed by atoms with E-state index in [4.69, 9.17) is 0 Å². The standard InChI is InChI=1S/C17H26N2O2/c1-13-8-6-7-9-15(13)12-19(14(2)20)11-10-18-16(21)17(3,4)5/h6-9H,10-12H2,1-5H3,(H,18,21). The van der Waals surface area contributed by atoms with Gasteiger partial charge >= 0.3 is 0 Å². The van der Waals surface area contributed by atoms with E-state index in [0.717, 1.165) is 5.56 Å². The smallest absolute Gasteiger partial charge is 0.225 e. The van der Waals surface area contributed by atoms with Crippen molar-refractivity contribution >= 4 is 11.8 Å². The number of nitrogens with one attached hydrogen (secondary N) is 1. The van der Waals surface area contributed by atoms with Crippen LogP contribution < -0.4 is 5.32 Å². The number of hydrogen-bond donors (Lipinski definition) is 1. The third-order valence-electron chi connectivity index (χ3n) is 3.42. The number of carbonyl (C=O) groups is 2. The molecule has 0 unspecified atom stereocenters. The molecule has 0 atom stereocenters. The van der Waals surface area contributed by atoms with Crippen LogP contribution in [0.1, 0.15) is 38.8 Å². The number of amides is 2. The lowest BCUT2D eigenvalue weighted by atomic mass is 9.96. The summed E-state index contributed by atoms with van der Waals surface area (Å²) in [5.74, 6) is 0.0187. The van der Waals surface area contributed by atoms with Crippen LogP contribution in [0.25, 0.3) is 0 Å². The lowest BCUT2D eigenvalue weighted by Gasteiger charge is -2.24. The van der Waals surface area contributed by atoms with Crippen LogP contribution in [0.5, 0.6) is 0 Å². The second-order valence-corrected chi connectivity index (χ2v) is 6.37. The predicted octanol–water partition coefficient (Wildman–Crippen LogP) is 2.51. The van der Waals surface area contributed by atoms with Crippen molar-refractivity contribution in [2.24, 2.45) is 5.41 Å². The molecular formula is C17H26N2O2. The van der Waals surface area contributed by atoms with Gasteiger partial charge in [0.2, 0.25) is 11.8 Å². The Morgan fingerprint density at radius 3 is 2.33 bits per heavy atom. The lowest BCUT2D eigenvalue weighted by molar-refractivity contribution is -0.131. The lowest BCUT2D eigenvalue weighted by Crippen LogP contribution is -2.41. The number of hydrogen-bond acceptors (Lipinski definition) is 2. The molecule has 1 aromatic carbocycles. The fraction of sp³-hybridized carbons (Fsp3) is 0.529. The molecule has 1 N–H and O–H groups in total. The largest absolute Gasteiger partial charge is 0.354 e. The minimum atomic E-state index is -0.406. The van der Waals surface area contributed by atoms with Crippen LogP contribution in [0.15, 0.2) is 24.3 Å². The molecule has 4 heteroatoms. The van der Waals surface area contributed by atoms with Crippen LogP contribution >= 0.6 is 0 Å². The molecule has 0 bridgehead atoms. The van der Waals surface area contributed by atoms with Crippen molar-refractivity contribution in [2.45, 2.75) is 41.2 Å². The van der Waals surface area contributed by atoms with Crippen LogP contribution in [-0.2, 0) is 16.1 Å². The molecule has 1 aromatic rings. The summed E-state index contributed by atoms with van der Waals surface area (Å²) in [5, 5.41) is 2.88. The van der Waals surface area contributed by atoms with Crippen molar-refractivity contribution < 1.29 is 9.59 Å². The van der Waals surface area contributed by atoms with Crippen LogP contribution in [-0.4, -0.2) is 29.8 Å². The Morgan fingerprint density at radius 1 is 1.19 bits per heavy atom. The zero-order valence-corrected chi connectivity index (χ0v) is 13.7. The number of aryl methyl sites for hydroxylation is 1. The molecule has 0 heterocycles. The molecule has 116 valence electrons. The average Bonchev–Trinajstić information content (AvgIpc) is 2.38. The monoisotopic (exact) mass is 290 g/mol. The molecule has 0 aliphatic rings. The summed E-state index contributed by atoms with van der Waals surface area (Å²) in [6.45, 7) is 10.8. The Morgan fingerprint density at radius 2 is 1.81 bits per heavy atom. The number of rotatable bonds is 5.